The molecular weight excluding hydrogens is 645 g/mol. The molecule has 0 radical (unpaired) electrons. The zero-order valence-corrected chi connectivity index (χ0v) is 28.6. The second-order valence-electron chi connectivity index (χ2n) is 13.6. The lowest BCUT2D eigenvalue weighted by atomic mass is 9.96. The molecule has 0 spiro atoms. The minimum Gasteiger partial charge on any atom is -0.308 e. The molecule has 4 heteroatoms. The minimum absolute atomic E-state index is 0.640. The third kappa shape index (κ3) is 4.59. The molecular formula is C49H30N4. The predicted octanol–water partition coefficient (Wildman–Crippen LogP) is 12.6. The SMILES string of the molecule is c1ccc(-c2nc(-c3ccc(-n4c5ccccc5c5ccc6ccccc6c54)c4ccccc34)nc(-c3cc4ccccc4c4ccccc34)n2)cc1. The van der Waals surface area contributed by atoms with Crippen LogP contribution in [0, 0.1) is 0 Å². The molecule has 11 rings (SSSR count). The van der Waals surface area contributed by atoms with Crippen molar-refractivity contribution in [1.29, 1.82) is 0 Å². The van der Waals surface area contributed by atoms with E-state index in [4.69, 9.17) is 15.0 Å². The number of rotatable bonds is 4. The van der Waals surface area contributed by atoms with E-state index in [0.29, 0.717) is 17.5 Å². The summed E-state index contributed by atoms with van der Waals surface area (Å²) in [6.45, 7) is 0. The van der Waals surface area contributed by atoms with Crippen LogP contribution in [0.4, 0.5) is 0 Å². The van der Waals surface area contributed by atoms with Crippen molar-refractivity contribution in [2.45, 2.75) is 0 Å². The van der Waals surface area contributed by atoms with Gasteiger partial charge in [0.05, 0.1) is 16.7 Å². The first-order chi connectivity index (χ1) is 26.3. The lowest BCUT2D eigenvalue weighted by molar-refractivity contribution is 1.08. The summed E-state index contributed by atoms with van der Waals surface area (Å²) in [5, 5.41) is 11.8. The predicted molar refractivity (Wildman–Crippen MR) is 220 cm³/mol. The minimum atomic E-state index is 0.640. The lowest BCUT2D eigenvalue weighted by Crippen LogP contribution is -2.02. The van der Waals surface area contributed by atoms with E-state index < -0.39 is 0 Å². The van der Waals surface area contributed by atoms with Gasteiger partial charge in [0.25, 0.3) is 0 Å². The Labute approximate surface area is 305 Å². The first kappa shape index (κ1) is 29.5. The van der Waals surface area contributed by atoms with Gasteiger partial charge in [0.15, 0.2) is 17.5 Å². The standard InChI is InChI=1S/C49H30N4/c1-2-15-32(16-3-1)47-50-48(52-49(51-47)43-30-33-17-5-6-18-34(33)36-20-8-9-21-37(36)43)42-28-29-45(39-23-11-10-22-38(39)42)53-44-25-13-12-24-40(44)41-27-26-31-14-4-7-19-35(31)46(41)53/h1-30H. The van der Waals surface area contributed by atoms with Crippen molar-refractivity contribution < 1.29 is 0 Å². The second-order valence-corrected chi connectivity index (χ2v) is 13.6. The molecule has 53 heavy (non-hydrogen) atoms. The van der Waals surface area contributed by atoms with Gasteiger partial charge in [0.2, 0.25) is 0 Å². The zero-order chi connectivity index (χ0) is 34.9. The van der Waals surface area contributed by atoms with Gasteiger partial charge in [-0.3, -0.25) is 0 Å². The van der Waals surface area contributed by atoms with Gasteiger partial charge in [-0.05, 0) is 56.6 Å². The van der Waals surface area contributed by atoms with E-state index in [1.54, 1.807) is 0 Å². The monoisotopic (exact) mass is 674 g/mol. The molecule has 0 saturated carbocycles. The van der Waals surface area contributed by atoms with Gasteiger partial charge in [0, 0.05) is 38.2 Å². The molecule has 0 bridgehead atoms. The van der Waals surface area contributed by atoms with E-state index in [9.17, 15) is 0 Å². The van der Waals surface area contributed by atoms with E-state index >= 15 is 0 Å². The fourth-order valence-electron chi connectivity index (χ4n) is 8.23. The smallest absolute Gasteiger partial charge is 0.164 e. The molecule has 0 aliphatic rings. The van der Waals surface area contributed by atoms with Crippen molar-refractivity contribution in [1.82, 2.24) is 19.5 Å². The Balaban J connectivity index is 1.20. The van der Waals surface area contributed by atoms with Crippen LogP contribution in [-0.4, -0.2) is 19.5 Å². The van der Waals surface area contributed by atoms with Gasteiger partial charge in [-0.2, -0.15) is 0 Å². The van der Waals surface area contributed by atoms with Crippen molar-refractivity contribution in [3.63, 3.8) is 0 Å². The first-order valence-electron chi connectivity index (χ1n) is 18.0. The number of hydrogen-bond acceptors (Lipinski definition) is 3. The number of benzene rings is 9. The summed E-state index contributed by atoms with van der Waals surface area (Å²) >= 11 is 0. The molecule has 0 aliphatic carbocycles. The molecule has 11 aromatic rings. The summed E-state index contributed by atoms with van der Waals surface area (Å²) in [6, 6.07) is 64.5. The third-order valence-corrected chi connectivity index (χ3v) is 10.6. The van der Waals surface area contributed by atoms with Crippen LogP contribution in [0.5, 0.6) is 0 Å². The highest BCUT2D eigenvalue weighted by atomic mass is 15.0. The topological polar surface area (TPSA) is 43.6 Å². The van der Waals surface area contributed by atoms with E-state index in [0.717, 1.165) is 43.9 Å². The molecule has 2 heterocycles. The van der Waals surface area contributed by atoms with Crippen molar-refractivity contribution in [3.8, 4) is 39.9 Å². The van der Waals surface area contributed by atoms with E-state index in [-0.39, 0.29) is 0 Å². The molecule has 4 nitrogen and oxygen atoms in total. The molecule has 0 atom stereocenters. The summed E-state index contributed by atoms with van der Waals surface area (Å²) < 4.78 is 2.44. The Hall–Kier alpha value is -7.17. The molecule has 0 amide bonds. The van der Waals surface area contributed by atoms with Crippen LogP contribution in [0.25, 0.3) is 105 Å². The summed E-state index contributed by atoms with van der Waals surface area (Å²) in [5.41, 5.74) is 6.39. The van der Waals surface area contributed by atoms with Crippen LogP contribution in [0.2, 0.25) is 0 Å². The Morgan fingerprint density at radius 1 is 0.321 bits per heavy atom. The molecule has 2 aromatic heterocycles. The summed E-state index contributed by atoms with van der Waals surface area (Å²) in [6.07, 6.45) is 0. The van der Waals surface area contributed by atoms with Gasteiger partial charge in [-0.15, -0.1) is 0 Å². The largest absolute Gasteiger partial charge is 0.308 e. The van der Waals surface area contributed by atoms with Crippen LogP contribution in [-0.2, 0) is 0 Å². The zero-order valence-electron chi connectivity index (χ0n) is 28.6. The average Bonchev–Trinajstić information content (AvgIpc) is 3.58. The molecule has 0 fully saturated rings. The fraction of sp³-hybridized carbons (Fsp3) is 0. The average molecular weight is 675 g/mol. The Morgan fingerprint density at radius 2 is 0.887 bits per heavy atom. The highest BCUT2D eigenvalue weighted by molar-refractivity contribution is 6.19. The van der Waals surface area contributed by atoms with Gasteiger partial charge in [-0.1, -0.05) is 158 Å². The molecule has 0 aliphatic heterocycles. The Bertz CT molecular complexity index is 3230. The maximum absolute atomic E-state index is 5.31. The number of fused-ring (bicyclic) bond motifs is 9. The van der Waals surface area contributed by atoms with E-state index in [1.165, 1.54) is 43.4 Å². The van der Waals surface area contributed by atoms with E-state index in [1.807, 2.05) is 18.2 Å². The Morgan fingerprint density at radius 3 is 1.68 bits per heavy atom. The van der Waals surface area contributed by atoms with Crippen molar-refractivity contribution in [2.24, 2.45) is 0 Å². The number of aromatic nitrogens is 4. The lowest BCUT2D eigenvalue weighted by Gasteiger charge is -2.16. The molecule has 0 unspecified atom stereocenters. The number of para-hydroxylation sites is 1. The van der Waals surface area contributed by atoms with E-state index in [2.05, 4.69) is 168 Å². The van der Waals surface area contributed by atoms with Crippen LogP contribution < -0.4 is 0 Å². The van der Waals surface area contributed by atoms with Gasteiger partial charge in [-0.25, -0.2) is 15.0 Å². The summed E-state index contributed by atoms with van der Waals surface area (Å²) in [7, 11) is 0. The van der Waals surface area contributed by atoms with Gasteiger partial charge >= 0.3 is 0 Å². The normalized spacial score (nSPS) is 11.8. The highest BCUT2D eigenvalue weighted by Crippen LogP contribution is 2.41. The third-order valence-electron chi connectivity index (χ3n) is 10.6. The molecule has 246 valence electrons. The van der Waals surface area contributed by atoms with Crippen LogP contribution in [0.15, 0.2) is 182 Å². The van der Waals surface area contributed by atoms with Gasteiger partial charge in [0.1, 0.15) is 0 Å². The quantitative estimate of drug-likeness (QED) is 0.175. The maximum atomic E-state index is 5.31. The second kappa shape index (κ2) is 11.7. The van der Waals surface area contributed by atoms with Crippen molar-refractivity contribution in [3.05, 3.63) is 182 Å². The summed E-state index contributed by atoms with van der Waals surface area (Å²) in [4.78, 5) is 15.7. The van der Waals surface area contributed by atoms with Crippen LogP contribution >= 0.6 is 0 Å². The van der Waals surface area contributed by atoms with Crippen LogP contribution in [0.3, 0.4) is 0 Å². The maximum Gasteiger partial charge on any atom is 0.164 e. The Kier molecular flexibility index (Phi) is 6.52. The number of hydrogen-bond donors (Lipinski definition) is 0. The van der Waals surface area contributed by atoms with Crippen molar-refractivity contribution >= 4 is 64.9 Å². The van der Waals surface area contributed by atoms with Crippen LogP contribution in [0.1, 0.15) is 0 Å². The van der Waals surface area contributed by atoms with Crippen molar-refractivity contribution in [2.75, 3.05) is 0 Å². The van der Waals surface area contributed by atoms with Gasteiger partial charge < -0.3 is 4.57 Å². The number of nitrogens with zero attached hydrogens (tertiary/aromatic N) is 4. The molecule has 9 aromatic carbocycles. The first-order valence-corrected chi connectivity index (χ1v) is 18.0. The molecule has 0 N–H and O–H groups in total. The molecule has 0 saturated heterocycles. The summed E-state index contributed by atoms with van der Waals surface area (Å²) in [5.74, 6) is 1.93. The fourth-order valence-corrected chi connectivity index (χ4v) is 8.23. The highest BCUT2D eigenvalue weighted by Gasteiger charge is 2.20.